The maximum absolute atomic E-state index is 12.9. The average Bonchev–Trinajstić information content (AvgIpc) is 3.26. The molecule has 0 saturated heterocycles. The van der Waals surface area contributed by atoms with Crippen molar-refractivity contribution in [1.29, 1.82) is 0 Å². The van der Waals surface area contributed by atoms with E-state index in [1.807, 2.05) is 0 Å². The number of carbonyl (C=O) groups excluding carboxylic acids is 2. The molecule has 3 rings (SSSR count). The first-order valence-corrected chi connectivity index (χ1v) is 10.5. The number of amides is 2. The molecule has 0 fully saturated rings. The Balaban J connectivity index is 1.63. The summed E-state index contributed by atoms with van der Waals surface area (Å²) in [5.74, 6) is -2.60. The Labute approximate surface area is 198 Å². The number of halogens is 4. The van der Waals surface area contributed by atoms with E-state index in [0.29, 0.717) is 30.4 Å². The lowest BCUT2D eigenvalue weighted by molar-refractivity contribution is -0.138. The number of aromatic hydroxyl groups is 1. The predicted molar refractivity (Wildman–Crippen MR) is 117 cm³/mol. The van der Waals surface area contributed by atoms with Crippen molar-refractivity contribution in [3.8, 4) is 5.75 Å². The van der Waals surface area contributed by atoms with Gasteiger partial charge in [0.05, 0.1) is 18.9 Å². The number of rotatable bonds is 8. The standard InChI is InChI=1S/C18H16ClF3N8O3S/c19-13-14(28-7-29-15(13)24-2-1-23)17(33)27-6-12-26-5-10(34-12)16(32)30-11-3-8(18(20,21)22)9(31)4-25-11/h3-5,7,31H,1-2,6,23H2,(H,27,33)(H,24,28,29)(H,25,30,32). The van der Waals surface area contributed by atoms with Crippen molar-refractivity contribution in [2.24, 2.45) is 5.73 Å². The van der Waals surface area contributed by atoms with Gasteiger partial charge >= 0.3 is 6.18 Å². The Morgan fingerprint density at radius 1 is 1.15 bits per heavy atom. The molecule has 0 unspecified atom stereocenters. The number of thiazole rings is 1. The molecule has 0 aliphatic rings. The van der Waals surface area contributed by atoms with Crippen LogP contribution >= 0.6 is 22.9 Å². The van der Waals surface area contributed by atoms with E-state index < -0.39 is 35.1 Å². The fourth-order valence-electron chi connectivity index (χ4n) is 2.50. The van der Waals surface area contributed by atoms with Gasteiger partial charge in [-0.2, -0.15) is 13.2 Å². The number of nitrogens with two attached hydrogens (primary N) is 1. The van der Waals surface area contributed by atoms with Gasteiger partial charge in [0, 0.05) is 13.1 Å². The number of carbonyl (C=O) groups is 2. The lowest BCUT2D eigenvalue weighted by Gasteiger charge is -2.10. The highest BCUT2D eigenvalue weighted by Crippen LogP contribution is 2.36. The molecule has 6 N–H and O–H groups in total. The fourth-order valence-corrected chi connectivity index (χ4v) is 3.50. The summed E-state index contributed by atoms with van der Waals surface area (Å²) in [6, 6.07) is 0.511. The van der Waals surface area contributed by atoms with Crippen LogP contribution in [0, 0.1) is 0 Å². The summed E-state index contributed by atoms with van der Waals surface area (Å²) in [6.07, 6.45) is -1.89. The average molecular weight is 517 g/mol. The summed E-state index contributed by atoms with van der Waals surface area (Å²) in [5.41, 5.74) is 3.99. The van der Waals surface area contributed by atoms with E-state index in [0.717, 1.165) is 17.7 Å². The molecule has 0 radical (unpaired) electrons. The van der Waals surface area contributed by atoms with Crippen molar-refractivity contribution in [3.05, 3.63) is 51.0 Å². The van der Waals surface area contributed by atoms with Crippen LogP contribution in [0.5, 0.6) is 5.75 Å². The van der Waals surface area contributed by atoms with Crippen molar-refractivity contribution in [2.45, 2.75) is 12.7 Å². The molecule has 3 aromatic heterocycles. The van der Waals surface area contributed by atoms with E-state index in [2.05, 4.69) is 35.9 Å². The van der Waals surface area contributed by atoms with Crippen molar-refractivity contribution in [2.75, 3.05) is 23.7 Å². The number of pyridine rings is 1. The number of alkyl halides is 3. The van der Waals surface area contributed by atoms with Crippen LogP contribution in [0.25, 0.3) is 0 Å². The van der Waals surface area contributed by atoms with Gasteiger partial charge in [0.2, 0.25) is 0 Å². The van der Waals surface area contributed by atoms with Crippen LogP contribution in [0.1, 0.15) is 30.7 Å². The lowest BCUT2D eigenvalue weighted by Crippen LogP contribution is -2.25. The van der Waals surface area contributed by atoms with Gasteiger partial charge in [-0.25, -0.2) is 19.9 Å². The molecule has 0 saturated carbocycles. The summed E-state index contributed by atoms with van der Waals surface area (Å²) in [6.45, 7) is 0.644. The lowest BCUT2D eigenvalue weighted by atomic mass is 10.2. The topological polar surface area (TPSA) is 168 Å². The number of nitrogens with zero attached hydrogens (tertiary/aromatic N) is 4. The minimum atomic E-state index is -4.82. The predicted octanol–water partition coefficient (Wildman–Crippen LogP) is 2.26. The molecule has 180 valence electrons. The molecule has 3 heterocycles. The number of hydrogen-bond acceptors (Lipinski definition) is 10. The zero-order valence-corrected chi connectivity index (χ0v) is 18.6. The maximum Gasteiger partial charge on any atom is 0.420 e. The molecule has 11 nitrogen and oxygen atoms in total. The zero-order valence-electron chi connectivity index (χ0n) is 17.0. The Bertz CT molecular complexity index is 1210. The smallest absolute Gasteiger partial charge is 0.420 e. The summed E-state index contributed by atoms with van der Waals surface area (Å²) in [7, 11) is 0. The van der Waals surface area contributed by atoms with E-state index in [4.69, 9.17) is 17.3 Å². The van der Waals surface area contributed by atoms with Crippen molar-refractivity contribution < 1.29 is 27.9 Å². The van der Waals surface area contributed by atoms with Gasteiger partial charge in [-0.05, 0) is 6.07 Å². The van der Waals surface area contributed by atoms with Crippen molar-refractivity contribution in [3.63, 3.8) is 0 Å². The minimum absolute atomic E-state index is 0.00674. The fraction of sp³-hybridized carbons (Fsp3) is 0.222. The number of hydrogen-bond donors (Lipinski definition) is 5. The van der Waals surface area contributed by atoms with Gasteiger partial charge in [0.15, 0.2) is 5.69 Å². The maximum atomic E-state index is 12.9. The summed E-state index contributed by atoms with van der Waals surface area (Å²) in [4.78, 5) is 40.2. The molecular formula is C18H16ClF3N8O3S. The number of aromatic nitrogens is 4. The molecule has 0 aromatic carbocycles. The van der Waals surface area contributed by atoms with Gasteiger partial charge in [0.1, 0.15) is 44.2 Å². The van der Waals surface area contributed by atoms with Crippen LogP contribution in [0.3, 0.4) is 0 Å². The molecule has 0 aliphatic heterocycles. The van der Waals surface area contributed by atoms with E-state index in [-0.39, 0.29) is 28.0 Å². The van der Waals surface area contributed by atoms with E-state index in [1.54, 1.807) is 0 Å². The van der Waals surface area contributed by atoms with E-state index in [9.17, 15) is 27.9 Å². The Morgan fingerprint density at radius 3 is 2.62 bits per heavy atom. The molecule has 16 heteroatoms. The first-order valence-electron chi connectivity index (χ1n) is 9.35. The Kier molecular flexibility index (Phi) is 7.80. The molecule has 0 spiro atoms. The van der Waals surface area contributed by atoms with Crippen molar-refractivity contribution in [1.82, 2.24) is 25.3 Å². The third-order valence-electron chi connectivity index (χ3n) is 4.05. The van der Waals surface area contributed by atoms with Crippen LogP contribution in [-0.2, 0) is 12.7 Å². The number of anilines is 2. The highest BCUT2D eigenvalue weighted by atomic mass is 35.5. The molecular weight excluding hydrogens is 501 g/mol. The van der Waals surface area contributed by atoms with Crippen LogP contribution in [0.2, 0.25) is 5.02 Å². The minimum Gasteiger partial charge on any atom is -0.506 e. The molecule has 0 aliphatic carbocycles. The second-order valence-corrected chi connectivity index (χ2v) is 7.93. The molecule has 2 amide bonds. The summed E-state index contributed by atoms with van der Waals surface area (Å²) >= 11 is 7.05. The monoisotopic (exact) mass is 516 g/mol. The SMILES string of the molecule is NCCNc1ncnc(C(=O)NCc2ncc(C(=O)Nc3cc(C(F)(F)F)c(O)cn3)s2)c1Cl. The van der Waals surface area contributed by atoms with E-state index >= 15 is 0 Å². The van der Waals surface area contributed by atoms with Gasteiger partial charge in [-0.3, -0.25) is 9.59 Å². The number of nitrogens with one attached hydrogen (secondary N) is 3. The quantitative estimate of drug-likeness (QED) is 0.301. The van der Waals surface area contributed by atoms with Gasteiger partial charge in [-0.1, -0.05) is 11.6 Å². The Hall–Kier alpha value is -3.56. The molecule has 0 atom stereocenters. The van der Waals surface area contributed by atoms with Crippen LogP contribution in [-0.4, -0.2) is 49.9 Å². The first kappa shape index (κ1) is 25.1. The van der Waals surface area contributed by atoms with Crippen LogP contribution in [0.4, 0.5) is 24.8 Å². The highest BCUT2D eigenvalue weighted by molar-refractivity contribution is 7.13. The van der Waals surface area contributed by atoms with Crippen LogP contribution < -0.4 is 21.7 Å². The normalized spacial score (nSPS) is 11.2. The summed E-state index contributed by atoms with van der Waals surface area (Å²) in [5, 5.41) is 17.3. The first-order chi connectivity index (χ1) is 16.1. The zero-order chi connectivity index (χ0) is 24.9. The largest absolute Gasteiger partial charge is 0.506 e. The highest BCUT2D eigenvalue weighted by Gasteiger charge is 2.34. The second kappa shape index (κ2) is 10.6. The van der Waals surface area contributed by atoms with Gasteiger partial charge < -0.3 is 26.8 Å². The Morgan fingerprint density at radius 2 is 1.91 bits per heavy atom. The third-order valence-corrected chi connectivity index (χ3v) is 5.40. The van der Waals surface area contributed by atoms with Gasteiger partial charge in [-0.15, -0.1) is 11.3 Å². The molecule has 0 bridgehead atoms. The second-order valence-electron chi connectivity index (χ2n) is 6.44. The molecule has 34 heavy (non-hydrogen) atoms. The van der Waals surface area contributed by atoms with Crippen molar-refractivity contribution >= 4 is 46.4 Å². The third kappa shape index (κ3) is 6.06. The van der Waals surface area contributed by atoms with E-state index in [1.165, 1.54) is 6.20 Å². The van der Waals surface area contributed by atoms with Crippen LogP contribution in [0.15, 0.2) is 24.8 Å². The van der Waals surface area contributed by atoms with Gasteiger partial charge in [0.25, 0.3) is 11.8 Å². The summed E-state index contributed by atoms with van der Waals surface area (Å²) < 4.78 is 38.7. The molecule has 3 aromatic rings.